The molecule has 6 nitrogen and oxygen atoms in total. The highest BCUT2D eigenvalue weighted by atomic mass is 16.3. The molecule has 0 saturated carbocycles. The molecule has 0 bridgehead atoms. The SMILES string of the molecule is OCC1CCC(CO)N1.OCC1CCC(CO)N1. The minimum absolute atomic E-state index is 0.191. The first-order chi connectivity index (χ1) is 8.73. The van der Waals surface area contributed by atoms with E-state index in [2.05, 4.69) is 10.6 Å². The maximum atomic E-state index is 8.64. The van der Waals surface area contributed by atoms with Crippen LogP contribution in [0.3, 0.4) is 0 Å². The van der Waals surface area contributed by atoms with Crippen molar-refractivity contribution in [2.75, 3.05) is 26.4 Å². The fourth-order valence-electron chi connectivity index (χ4n) is 2.38. The van der Waals surface area contributed by atoms with E-state index in [9.17, 15) is 0 Å². The van der Waals surface area contributed by atoms with Gasteiger partial charge in [0.25, 0.3) is 0 Å². The Morgan fingerprint density at radius 2 is 0.778 bits per heavy atom. The van der Waals surface area contributed by atoms with E-state index in [1.165, 1.54) is 0 Å². The predicted octanol–water partition coefficient (Wildman–Crippen LogP) is -1.82. The molecule has 0 spiro atoms. The Kier molecular flexibility index (Phi) is 7.73. The van der Waals surface area contributed by atoms with Crippen molar-refractivity contribution in [2.45, 2.75) is 49.9 Å². The van der Waals surface area contributed by atoms with Crippen LogP contribution in [0.4, 0.5) is 0 Å². The van der Waals surface area contributed by atoms with Crippen LogP contribution in [0, 0.1) is 0 Å². The van der Waals surface area contributed by atoms with Crippen LogP contribution in [-0.4, -0.2) is 71.0 Å². The molecule has 6 heteroatoms. The van der Waals surface area contributed by atoms with Gasteiger partial charge in [-0.2, -0.15) is 0 Å². The molecule has 0 aromatic rings. The maximum absolute atomic E-state index is 8.64. The van der Waals surface area contributed by atoms with Gasteiger partial charge in [-0.3, -0.25) is 0 Å². The van der Waals surface area contributed by atoms with E-state index in [0.29, 0.717) is 0 Å². The Morgan fingerprint density at radius 1 is 0.556 bits per heavy atom. The van der Waals surface area contributed by atoms with Crippen LogP contribution < -0.4 is 10.6 Å². The number of hydrogen-bond acceptors (Lipinski definition) is 6. The summed E-state index contributed by atoms with van der Waals surface area (Å²) < 4.78 is 0. The molecule has 2 fully saturated rings. The van der Waals surface area contributed by atoms with Gasteiger partial charge in [0, 0.05) is 24.2 Å². The molecule has 6 N–H and O–H groups in total. The van der Waals surface area contributed by atoms with Crippen LogP contribution >= 0.6 is 0 Å². The lowest BCUT2D eigenvalue weighted by Gasteiger charge is -2.08. The second-order valence-electron chi connectivity index (χ2n) is 5.01. The zero-order valence-electron chi connectivity index (χ0n) is 10.8. The molecule has 2 aliphatic rings. The fourth-order valence-corrected chi connectivity index (χ4v) is 2.38. The second-order valence-corrected chi connectivity index (χ2v) is 5.01. The Morgan fingerprint density at radius 3 is 0.889 bits per heavy atom. The molecule has 2 aliphatic heterocycles. The van der Waals surface area contributed by atoms with E-state index < -0.39 is 0 Å². The van der Waals surface area contributed by atoms with Gasteiger partial charge in [-0.05, 0) is 25.7 Å². The standard InChI is InChI=1S/2C6H13NO2/c2*8-3-5-1-2-6(4-9)7-5/h2*5-9H,1-4H2. The molecule has 18 heavy (non-hydrogen) atoms. The molecule has 2 saturated heterocycles. The monoisotopic (exact) mass is 262 g/mol. The summed E-state index contributed by atoms with van der Waals surface area (Å²) in [7, 11) is 0. The third-order valence-corrected chi connectivity index (χ3v) is 3.55. The number of rotatable bonds is 4. The average molecular weight is 262 g/mol. The van der Waals surface area contributed by atoms with E-state index in [1.54, 1.807) is 0 Å². The molecular formula is C12H26N2O4. The third kappa shape index (κ3) is 5.17. The van der Waals surface area contributed by atoms with Gasteiger partial charge in [0.2, 0.25) is 0 Å². The van der Waals surface area contributed by atoms with Gasteiger partial charge in [0.1, 0.15) is 0 Å². The van der Waals surface area contributed by atoms with Crippen LogP contribution in [-0.2, 0) is 0 Å². The maximum Gasteiger partial charge on any atom is 0.0584 e. The summed E-state index contributed by atoms with van der Waals surface area (Å²) in [6, 6.07) is 0.897. The number of hydrogen-bond donors (Lipinski definition) is 6. The van der Waals surface area contributed by atoms with Crippen molar-refractivity contribution in [1.82, 2.24) is 10.6 Å². The first kappa shape index (κ1) is 15.8. The normalized spacial score (nSPS) is 35.3. The zero-order chi connectivity index (χ0) is 13.4. The molecule has 4 atom stereocenters. The van der Waals surface area contributed by atoms with E-state index in [1.807, 2.05) is 0 Å². The fraction of sp³-hybridized carbons (Fsp3) is 1.00. The minimum atomic E-state index is 0.191. The average Bonchev–Trinajstić information content (AvgIpc) is 3.07. The second kappa shape index (κ2) is 8.79. The van der Waals surface area contributed by atoms with E-state index in [-0.39, 0.29) is 50.6 Å². The highest BCUT2D eigenvalue weighted by Gasteiger charge is 2.22. The molecule has 0 aromatic heterocycles. The highest BCUT2D eigenvalue weighted by Crippen LogP contribution is 2.11. The van der Waals surface area contributed by atoms with E-state index in [4.69, 9.17) is 20.4 Å². The Bertz CT molecular complexity index is 176. The third-order valence-electron chi connectivity index (χ3n) is 3.55. The van der Waals surface area contributed by atoms with Gasteiger partial charge in [0.15, 0.2) is 0 Å². The smallest absolute Gasteiger partial charge is 0.0584 e. The van der Waals surface area contributed by atoms with Crippen molar-refractivity contribution in [3.8, 4) is 0 Å². The van der Waals surface area contributed by atoms with Gasteiger partial charge in [-0.25, -0.2) is 0 Å². The molecule has 2 rings (SSSR count). The van der Waals surface area contributed by atoms with Crippen molar-refractivity contribution >= 4 is 0 Å². The Labute approximate surface area is 108 Å². The quantitative estimate of drug-likeness (QED) is 0.356. The van der Waals surface area contributed by atoms with Crippen molar-refractivity contribution in [3.05, 3.63) is 0 Å². The molecule has 108 valence electrons. The van der Waals surface area contributed by atoms with Crippen molar-refractivity contribution < 1.29 is 20.4 Å². The summed E-state index contributed by atoms with van der Waals surface area (Å²) >= 11 is 0. The summed E-state index contributed by atoms with van der Waals surface area (Å²) in [4.78, 5) is 0. The predicted molar refractivity (Wildman–Crippen MR) is 68.2 cm³/mol. The Hall–Kier alpha value is -0.240. The number of aliphatic hydroxyl groups excluding tert-OH is 4. The molecule has 0 aromatic carbocycles. The van der Waals surface area contributed by atoms with Gasteiger partial charge >= 0.3 is 0 Å². The summed E-state index contributed by atoms with van der Waals surface area (Å²) in [5.41, 5.74) is 0. The van der Waals surface area contributed by atoms with Crippen molar-refractivity contribution in [2.24, 2.45) is 0 Å². The van der Waals surface area contributed by atoms with Crippen molar-refractivity contribution in [1.29, 1.82) is 0 Å². The van der Waals surface area contributed by atoms with Gasteiger partial charge in [-0.1, -0.05) is 0 Å². The number of nitrogens with one attached hydrogen (secondary N) is 2. The van der Waals surface area contributed by atoms with Crippen LogP contribution in [0.15, 0.2) is 0 Å². The minimum Gasteiger partial charge on any atom is -0.395 e. The summed E-state index contributed by atoms with van der Waals surface area (Å²) in [5, 5.41) is 40.7. The largest absolute Gasteiger partial charge is 0.395 e. The van der Waals surface area contributed by atoms with Crippen molar-refractivity contribution in [3.63, 3.8) is 0 Å². The van der Waals surface area contributed by atoms with E-state index in [0.717, 1.165) is 25.7 Å². The lowest BCUT2D eigenvalue weighted by Crippen LogP contribution is -2.33. The molecule has 0 aliphatic carbocycles. The van der Waals surface area contributed by atoms with Crippen LogP contribution in [0.2, 0.25) is 0 Å². The van der Waals surface area contributed by atoms with E-state index >= 15 is 0 Å². The summed E-state index contributed by atoms with van der Waals surface area (Å²) in [6.07, 6.45) is 3.95. The van der Waals surface area contributed by atoms with Crippen LogP contribution in [0.1, 0.15) is 25.7 Å². The van der Waals surface area contributed by atoms with Gasteiger partial charge in [-0.15, -0.1) is 0 Å². The van der Waals surface area contributed by atoms with Crippen LogP contribution in [0.5, 0.6) is 0 Å². The Balaban J connectivity index is 0.000000180. The van der Waals surface area contributed by atoms with Gasteiger partial charge < -0.3 is 31.1 Å². The molecular weight excluding hydrogens is 236 g/mol. The van der Waals surface area contributed by atoms with Crippen LogP contribution in [0.25, 0.3) is 0 Å². The molecule has 4 unspecified atom stereocenters. The molecule has 2 heterocycles. The van der Waals surface area contributed by atoms with Gasteiger partial charge in [0.05, 0.1) is 26.4 Å². The first-order valence-corrected chi connectivity index (χ1v) is 6.69. The summed E-state index contributed by atoms with van der Waals surface area (Å²) in [5.74, 6) is 0. The first-order valence-electron chi connectivity index (χ1n) is 6.69. The zero-order valence-corrected chi connectivity index (χ0v) is 10.8. The topological polar surface area (TPSA) is 105 Å². The summed E-state index contributed by atoms with van der Waals surface area (Å²) in [6.45, 7) is 0.764. The molecule has 0 amide bonds. The highest BCUT2D eigenvalue weighted by molar-refractivity contribution is 4.82. The molecule has 0 radical (unpaired) electrons. The lowest BCUT2D eigenvalue weighted by molar-refractivity contribution is 0.227. The lowest BCUT2D eigenvalue weighted by atomic mass is 10.2. The number of aliphatic hydroxyl groups is 4.